The van der Waals surface area contributed by atoms with Crippen molar-refractivity contribution >= 4 is 17.6 Å². The van der Waals surface area contributed by atoms with Gasteiger partial charge in [0.2, 0.25) is 5.91 Å². The number of urea groups is 1. The lowest BCUT2D eigenvalue weighted by molar-refractivity contribution is -0.122. The second kappa shape index (κ2) is 8.74. The largest absolute Gasteiger partial charge is 0.399 e. The maximum atomic E-state index is 12.3. The van der Waals surface area contributed by atoms with E-state index >= 15 is 0 Å². The molecule has 1 aliphatic rings. The van der Waals surface area contributed by atoms with Crippen molar-refractivity contribution in [2.75, 3.05) is 45.1 Å². The monoisotopic (exact) mass is 331 g/mol. The molecule has 3 amide bonds. The maximum Gasteiger partial charge on any atom is 0.317 e. The summed E-state index contributed by atoms with van der Waals surface area (Å²) in [5, 5.41) is 13.9. The molecule has 0 saturated carbocycles. The molecule has 24 heavy (non-hydrogen) atoms. The highest BCUT2D eigenvalue weighted by Gasteiger charge is 2.23. The summed E-state index contributed by atoms with van der Waals surface area (Å²) in [4.78, 5) is 26.1. The van der Waals surface area contributed by atoms with Crippen molar-refractivity contribution in [1.29, 1.82) is 5.26 Å². The van der Waals surface area contributed by atoms with E-state index in [4.69, 9.17) is 15.7 Å². The molecule has 4 N–H and O–H groups in total. The minimum absolute atomic E-state index is 0.0816. The maximum absolute atomic E-state index is 12.3. The highest BCUT2D eigenvalue weighted by molar-refractivity contribution is 5.85. The van der Waals surface area contributed by atoms with Gasteiger partial charge in [-0.05, 0) is 17.7 Å². The Hall–Kier alpha value is -2.79. The van der Waals surface area contributed by atoms with Gasteiger partial charge >= 0.3 is 6.03 Å². The van der Waals surface area contributed by atoms with Crippen LogP contribution in [-0.2, 0) is 9.53 Å². The Labute approximate surface area is 140 Å². The van der Waals surface area contributed by atoms with Crippen molar-refractivity contribution in [2.45, 2.75) is 5.92 Å². The molecular formula is C16H21N5O3. The van der Waals surface area contributed by atoms with E-state index in [9.17, 15) is 9.59 Å². The minimum atomic E-state index is -0.594. The van der Waals surface area contributed by atoms with E-state index in [-0.39, 0.29) is 25.0 Å². The van der Waals surface area contributed by atoms with Gasteiger partial charge in [0.25, 0.3) is 0 Å². The number of morpholine rings is 1. The molecule has 8 nitrogen and oxygen atoms in total. The van der Waals surface area contributed by atoms with Crippen LogP contribution in [0.5, 0.6) is 0 Å². The van der Waals surface area contributed by atoms with E-state index in [2.05, 4.69) is 10.6 Å². The number of amides is 3. The van der Waals surface area contributed by atoms with Crippen LogP contribution in [0.4, 0.5) is 10.5 Å². The van der Waals surface area contributed by atoms with Gasteiger partial charge < -0.3 is 26.0 Å². The Kier molecular flexibility index (Phi) is 6.40. The highest BCUT2D eigenvalue weighted by atomic mass is 16.5. The minimum Gasteiger partial charge on any atom is -0.399 e. The summed E-state index contributed by atoms with van der Waals surface area (Å²) in [6, 6.07) is 8.52. The molecule has 0 radical (unpaired) electrons. The molecule has 2 rings (SSSR count). The number of nitrogens with two attached hydrogens (primary N) is 1. The van der Waals surface area contributed by atoms with Gasteiger partial charge in [0.15, 0.2) is 0 Å². The Bertz CT molecular complexity index is 605. The van der Waals surface area contributed by atoms with Crippen LogP contribution in [0.1, 0.15) is 11.5 Å². The van der Waals surface area contributed by atoms with Crippen molar-refractivity contribution < 1.29 is 14.3 Å². The molecule has 0 aromatic heterocycles. The van der Waals surface area contributed by atoms with Gasteiger partial charge in [-0.25, -0.2) is 4.79 Å². The number of benzene rings is 1. The topological polar surface area (TPSA) is 120 Å². The number of hydrogen-bond acceptors (Lipinski definition) is 5. The Morgan fingerprint density at radius 3 is 2.54 bits per heavy atom. The standard InChI is InChI=1S/C16H21N5O3/c17-5-6-19-15(22)14(12-1-3-13(18)4-2-12)11-20-16(23)21-7-9-24-10-8-21/h1-4,14H,6-11,18H2,(H,19,22)(H,20,23). The Morgan fingerprint density at radius 1 is 1.25 bits per heavy atom. The fourth-order valence-corrected chi connectivity index (χ4v) is 2.41. The number of nitriles is 1. The number of rotatable bonds is 5. The van der Waals surface area contributed by atoms with Crippen LogP contribution in [0.3, 0.4) is 0 Å². The zero-order chi connectivity index (χ0) is 17.4. The number of ether oxygens (including phenoxy) is 1. The van der Waals surface area contributed by atoms with Crippen LogP contribution in [0.25, 0.3) is 0 Å². The summed E-state index contributed by atoms with van der Waals surface area (Å²) in [5.41, 5.74) is 6.99. The average molecular weight is 331 g/mol. The molecule has 1 aliphatic heterocycles. The van der Waals surface area contributed by atoms with Gasteiger partial charge in [-0.2, -0.15) is 5.26 Å². The summed E-state index contributed by atoms with van der Waals surface area (Å²) in [7, 11) is 0. The number of nitrogens with zero attached hydrogens (tertiary/aromatic N) is 2. The van der Waals surface area contributed by atoms with Gasteiger partial charge in [-0.15, -0.1) is 0 Å². The molecule has 0 aliphatic carbocycles. The van der Waals surface area contributed by atoms with Crippen LogP contribution in [0.2, 0.25) is 0 Å². The van der Waals surface area contributed by atoms with Gasteiger partial charge in [-0.1, -0.05) is 12.1 Å². The predicted molar refractivity (Wildman–Crippen MR) is 88.0 cm³/mol. The number of anilines is 1. The molecule has 1 aromatic carbocycles. The van der Waals surface area contributed by atoms with Crippen LogP contribution in [-0.4, -0.2) is 56.2 Å². The highest BCUT2D eigenvalue weighted by Crippen LogP contribution is 2.17. The van der Waals surface area contributed by atoms with Crippen LogP contribution >= 0.6 is 0 Å². The van der Waals surface area contributed by atoms with Crippen molar-refractivity contribution in [3.05, 3.63) is 29.8 Å². The molecule has 1 heterocycles. The van der Waals surface area contributed by atoms with E-state index in [1.165, 1.54) is 0 Å². The SMILES string of the molecule is N#CCNC(=O)C(CNC(=O)N1CCOCC1)c1ccc(N)cc1. The number of hydrogen-bond donors (Lipinski definition) is 3. The van der Waals surface area contributed by atoms with Crippen LogP contribution < -0.4 is 16.4 Å². The molecule has 0 bridgehead atoms. The van der Waals surface area contributed by atoms with Crippen molar-refractivity contribution in [3.8, 4) is 6.07 Å². The lowest BCUT2D eigenvalue weighted by atomic mass is 9.97. The first kappa shape index (κ1) is 17.6. The summed E-state index contributed by atoms with van der Waals surface area (Å²) in [6.45, 7) is 2.13. The first-order valence-electron chi connectivity index (χ1n) is 7.72. The van der Waals surface area contributed by atoms with Gasteiger partial charge in [0.1, 0.15) is 6.54 Å². The third-order valence-corrected chi connectivity index (χ3v) is 3.75. The van der Waals surface area contributed by atoms with E-state index in [1.54, 1.807) is 29.2 Å². The summed E-state index contributed by atoms with van der Waals surface area (Å²) in [5.74, 6) is -0.910. The number of nitrogens with one attached hydrogen (secondary N) is 2. The van der Waals surface area contributed by atoms with Crippen LogP contribution in [0, 0.1) is 11.3 Å². The molecule has 1 saturated heterocycles. The lowest BCUT2D eigenvalue weighted by Gasteiger charge is -2.27. The zero-order valence-electron chi connectivity index (χ0n) is 13.3. The third kappa shape index (κ3) is 4.86. The molecule has 1 aromatic rings. The summed E-state index contributed by atoms with van der Waals surface area (Å²) < 4.78 is 5.21. The average Bonchev–Trinajstić information content (AvgIpc) is 2.62. The molecule has 1 atom stereocenters. The first-order chi connectivity index (χ1) is 11.6. The normalized spacial score (nSPS) is 15.2. The van der Waals surface area contributed by atoms with Crippen LogP contribution in [0.15, 0.2) is 24.3 Å². The molecule has 1 fully saturated rings. The quantitative estimate of drug-likeness (QED) is 0.519. The fourth-order valence-electron chi connectivity index (χ4n) is 2.41. The number of carbonyl (C=O) groups excluding carboxylic acids is 2. The number of nitrogen functional groups attached to an aromatic ring is 1. The fraction of sp³-hybridized carbons (Fsp3) is 0.438. The molecule has 0 spiro atoms. The van der Waals surface area contributed by atoms with E-state index in [0.717, 1.165) is 5.56 Å². The van der Waals surface area contributed by atoms with E-state index in [1.807, 2.05) is 6.07 Å². The van der Waals surface area contributed by atoms with Crippen molar-refractivity contribution in [3.63, 3.8) is 0 Å². The predicted octanol–water partition coefficient (Wildman–Crippen LogP) is 0.0340. The van der Waals surface area contributed by atoms with Gasteiger partial charge in [0.05, 0.1) is 25.2 Å². The molecule has 1 unspecified atom stereocenters. The van der Waals surface area contributed by atoms with Gasteiger partial charge in [0, 0.05) is 25.3 Å². The Morgan fingerprint density at radius 2 is 1.92 bits per heavy atom. The van der Waals surface area contributed by atoms with E-state index in [0.29, 0.717) is 32.0 Å². The van der Waals surface area contributed by atoms with E-state index < -0.39 is 5.92 Å². The molecule has 8 heteroatoms. The smallest absolute Gasteiger partial charge is 0.317 e. The summed E-state index contributed by atoms with van der Waals surface area (Å²) >= 11 is 0. The number of carbonyl (C=O) groups is 2. The second-order valence-electron chi connectivity index (χ2n) is 5.38. The Balaban J connectivity index is 2.02. The molecular weight excluding hydrogens is 310 g/mol. The third-order valence-electron chi connectivity index (χ3n) is 3.75. The summed E-state index contributed by atoms with van der Waals surface area (Å²) in [6.07, 6.45) is 0. The first-order valence-corrected chi connectivity index (χ1v) is 7.72. The van der Waals surface area contributed by atoms with Crippen molar-refractivity contribution in [2.24, 2.45) is 0 Å². The lowest BCUT2D eigenvalue weighted by Crippen LogP contribution is -2.48. The zero-order valence-corrected chi connectivity index (χ0v) is 13.3. The molecule has 128 valence electrons. The van der Waals surface area contributed by atoms with Crippen molar-refractivity contribution in [1.82, 2.24) is 15.5 Å². The second-order valence-corrected chi connectivity index (χ2v) is 5.38. The van der Waals surface area contributed by atoms with Gasteiger partial charge in [-0.3, -0.25) is 4.79 Å².